The molecule has 1 aromatic rings. The average Bonchev–Trinajstić information content (AvgIpc) is 2.42. The predicted molar refractivity (Wildman–Crippen MR) is 78.6 cm³/mol. The summed E-state index contributed by atoms with van der Waals surface area (Å²) in [5, 5.41) is 9.24. The number of nitrogens with zero attached hydrogens (tertiary/aromatic N) is 2. The molecule has 0 amide bonds. The van der Waals surface area contributed by atoms with Crippen LogP contribution in [0.25, 0.3) is 0 Å². The Bertz CT molecular complexity index is 381. The Morgan fingerprint density at radius 1 is 1.32 bits per heavy atom. The summed E-state index contributed by atoms with van der Waals surface area (Å²) in [4.78, 5) is 6.58. The third kappa shape index (κ3) is 3.99. The van der Waals surface area contributed by atoms with Gasteiger partial charge in [0.25, 0.3) is 0 Å². The Morgan fingerprint density at radius 2 is 2.00 bits per heavy atom. The molecule has 0 saturated carbocycles. The zero-order valence-corrected chi connectivity index (χ0v) is 12.1. The van der Waals surface area contributed by atoms with E-state index in [-0.39, 0.29) is 6.61 Å². The van der Waals surface area contributed by atoms with Crippen LogP contribution in [0.4, 0.5) is 11.5 Å². The highest BCUT2D eigenvalue weighted by atomic mass is 16.5. The molecule has 0 aromatic carbocycles. The first kappa shape index (κ1) is 15.6. The van der Waals surface area contributed by atoms with Gasteiger partial charge in [-0.3, -0.25) is 0 Å². The van der Waals surface area contributed by atoms with Gasteiger partial charge in [0.2, 0.25) is 5.88 Å². The fraction of sp³-hybridized carbons (Fsp3) is 0.643. The molecule has 1 heterocycles. The van der Waals surface area contributed by atoms with Gasteiger partial charge < -0.3 is 20.5 Å². The number of aliphatic hydroxyl groups excluding tert-OH is 1. The lowest BCUT2D eigenvalue weighted by atomic mass is 10.1. The zero-order chi connectivity index (χ0) is 14.3. The maximum absolute atomic E-state index is 9.24. The Kier molecular flexibility index (Phi) is 6.42. The molecule has 0 atom stereocenters. The first-order valence-electron chi connectivity index (χ1n) is 6.94. The summed E-state index contributed by atoms with van der Waals surface area (Å²) in [6.07, 6.45) is 2.01. The summed E-state index contributed by atoms with van der Waals surface area (Å²) in [7, 11) is 0. The number of ether oxygens (including phenoxy) is 1. The fourth-order valence-electron chi connectivity index (χ4n) is 2.18. The quantitative estimate of drug-likeness (QED) is 0.754. The molecule has 0 spiro atoms. The van der Waals surface area contributed by atoms with Crippen LogP contribution >= 0.6 is 0 Å². The van der Waals surface area contributed by atoms with Gasteiger partial charge in [-0.2, -0.15) is 4.98 Å². The second-order valence-electron chi connectivity index (χ2n) is 4.38. The van der Waals surface area contributed by atoms with Crippen molar-refractivity contribution in [1.82, 2.24) is 4.98 Å². The number of pyridine rings is 1. The molecule has 5 heteroatoms. The van der Waals surface area contributed by atoms with Crippen LogP contribution in [-0.2, 0) is 0 Å². The number of anilines is 2. The van der Waals surface area contributed by atoms with Gasteiger partial charge in [-0.15, -0.1) is 0 Å². The topological polar surface area (TPSA) is 71.6 Å². The average molecular weight is 267 g/mol. The molecule has 19 heavy (non-hydrogen) atoms. The van der Waals surface area contributed by atoms with Crippen LogP contribution in [-0.4, -0.2) is 35.9 Å². The van der Waals surface area contributed by atoms with Crippen molar-refractivity contribution in [3.63, 3.8) is 0 Å². The van der Waals surface area contributed by atoms with E-state index in [1.54, 1.807) is 6.07 Å². The highest BCUT2D eigenvalue weighted by Gasteiger charge is 2.17. The monoisotopic (exact) mass is 267 g/mol. The molecule has 0 aliphatic carbocycles. The van der Waals surface area contributed by atoms with Crippen LogP contribution in [0.15, 0.2) is 12.1 Å². The second-order valence-corrected chi connectivity index (χ2v) is 4.38. The minimum absolute atomic E-state index is 0.104. The lowest BCUT2D eigenvalue weighted by Crippen LogP contribution is -2.37. The molecule has 3 N–H and O–H groups in total. The summed E-state index contributed by atoms with van der Waals surface area (Å²) in [6, 6.07) is 4.05. The van der Waals surface area contributed by atoms with Crippen LogP contribution in [0.3, 0.4) is 0 Å². The molecule has 0 radical (unpaired) electrons. The van der Waals surface area contributed by atoms with Gasteiger partial charge in [-0.05, 0) is 31.9 Å². The largest absolute Gasteiger partial charge is 0.476 e. The summed E-state index contributed by atoms with van der Waals surface area (Å²) in [6.45, 7) is 7.38. The fourth-order valence-corrected chi connectivity index (χ4v) is 2.18. The van der Waals surface area contributed by atoms with Crippen molar-refractivity contribution in [2.45, 2.75) is 39.7 Å². The first-order valence-corrected chi connectivity index (χ1v) is 6.94. The first-order chi connectivity index (χ1) is 9.17. The second kappa shape index (κ2) is 7.84. The van der Waals surface area contributed by atoms with E-state index in [2.05, 4.69) is 23.7 Å². The van der Waals surface area contributed by atoms with E-state index in [9.17, 15) is 5.11 Å². The van der Waals surface area contributed by atoms with Crippen LogP contribution < -0.4 is 15.4 Å². The van der Waals surface area contributed by atoms with Gasteiger partial charge in [-0.25, -0.2) is 0 Å². The molecule has 0 saturated heterocycles. The molecule has 108 valence electrons. The van der Waals surface area contributed by atoms with E-state index < -0.39 is 0 Å². The van der Waals surface area contributed by atoms with Gasteiger partial charge in [0, 0.05) is 12.6 Å². The van der Waals surface area contributed by atoms with Crippen molar-refractivity contribution >= 4 is 11.5 Å². The number of aliphatic hydroxyl groups is 1. The smallest absolute Gasteiger partial charge is 0.239 e. The maximum Gasteiger partial charge on any atom is 0.239 e. The number of hydrogen-bond donors (Lipinski definition) is 2. The van der Waals surface area contributed by atoms with E-state index in [0.717, 1.165) is 18.7 Å². The molecular formula is C14H25N3O2. The molecule has 0 aliphatic heterocycles. The van der Waals surface area contributed by atoms with Crippen LogP contribution in [0.1, 0.15) is 33.6 Å². The molecule has 0 aliphatic rings. The molecule has 0 unspecified atom stereocenters. The number of hydrogen-bond acceptors (Lipinski definition) is 5. The van der Waals surface area contributed by atoms with E-state index in [4.69, 9.17) is 10.5 Å². The Balaban J connectivity index is 3.04. The highest BCUT2D eigenvalue weighted by Crippen LogP contribution is 2.25. The summed E-state index contributed by atoms with van der Waals surface area (Å²) < 4.78 is 5.43. The van der Waals surface area contributed by atoms with E-state index in [1.165, 1.54) is 0 Å². The minimum atomic E-state index is 0.104. The molecule has 0 fully saturated rings. The van der Waals surface area contributed by atoms with Crippen LogP contribution in [0, 0.1) is 0 Å². The van der Waals surface area contributed by atoms with Crippen LogP contribution in [0.2, 0.25) is 0 Å². The van der Waals surface area contributed by atoms with E-state index in [1.807, 2.05) is 13.0 Å². The Labute approximate surface area is 115 Å². The lowest BCUT2D eigenvalue weighted by molar-refractivity contribution is 0.294. The van der Waals surface area contributed by atoms with Crippen LogP contribution in [0.5, 0.6) is 5.88 Å². The molecule has 1 aromatic heterocycles. The number of nitrogen functional groups attached to an aromatic ring is 1. The highest BCUT2D eigenvalue weighted by molar-refractivity contribution is 5.55. The Morgan fingerprint density at radius 3 is 2.53 bits per heavy atom. The summed E-state index contributed by atoms with van der Waals surface area (Å²) in [5.41, 5.74) is 6.38. The standard InChI is InChI=1S/C14H25N3O2/c1-4-11(5-2)17(9-10-18)13-8-7-12(15)14(16-13)19-6-3/h7-8,11,18H,4-6,9-10,15H2,1-3H3. The van der Waals surface area contributed by atoms with Gasteiger partial charge in [0.05, 0.1) is 18.9 Å². The summed E-state index contributed by atoms with van der Waals surface area (Å²) in [5.74, 6) is 1.27. The normalized spacial score (nSPS) is 10.8. The van der Waals surface area contributed by atoms with Crippen molar-refractivity contribution < 1.29 is 9.84 Å². The van der Waals surface area contributed by atoms with Gasteiger partial charge >= 0.3 is 0 Å². The number of rotatable bonds is 8. The molecule has 1 rings (SSSR count). The third-order valence-electron chi connectivity index (χ3n) is 3.17. The summed E-state index contributed by atoms with van der Waals surface area (Å²) >= 11 is 0. The molecule has 5 nitrogen and oxygen atoms in total. The number of aromatic nitrogens is 1. The zero-order valence-electron chi connectivity index (χ0n) is 12.1. The third-order valence-corrected chi connectivity index (χ3v) is 3.17. The molecular weight excluding hydrogens is 242 g/mol. The minimum Gasteiger partial charge on any atom is -0.476 e. The number of nitrogens with two attached hydrogens (primary N) is 1. The lowest BCUT2D eigenvalue weighted by Gasteiger charge is -2.31. The van der Waals surface area contributed by atoms with Crippen molar-refractivity contribution in [3.8, 4) is 5.88 Å². The molecule has 0 bridgehead atoms. The van der Waals surface area contributed by atoms with Crippen molar-refractivity contribution in [2.75, 3.05) is 30.4 Å². The SMILES string of the molecule is CCOc1nc(N(CCO)C(CC)CC)ccc1N. The van der Waals surface area contributed by atoms with E-state index in [0.29, 0.717) is 30.8 Å². The van der Waals surface area contributed by atoms with Gasteiger partial charge in [0.1, 0.15) is 5.82 Å². The van der Waals surface area contributed by atoms with Crippen molar-refractivity contribution in [2.24, 2.45) is 0 Å². The maximum atomic E-state index is 9.24. The van der Waals surface area contributed by atoms with Crippen molar-refractivity contribution in [1.29, 1.82) is 0 Å². The predicted octanol–water partition coefficient (Wildman–Crippen LogP) is 2.05. The van der Waals surface area contributed by atoms with Crippen molar-refractivity contribution in [3.05, 3.63) is 12.1 Å². The van der Waals surface area contributed by atoms with E-state index >= 15 is 0 Å². The van der Waals surface area contributed by atoms with Gasteiger partial charge in [-0.1, -0.05) is 13.8 Å². The Hall–Kier alpha value is -1.49. The van der Waals surface area contributed by atoms with Gasteiger partial charge in [0.15, 0.2) is 0 Å².